The smallest absolute Gasteiger partial charge is 0.281 e. The van der Waals surface area contributed by atoms with Gasteiger partial charge in [0.25, 0.3) is 11.8 Å². The highest BCUT2D eigenvalue weighted by Gasteiger charge is 2.17. The third kappa shape index (κ3) is 3.21. The molecule has 0 atom stereocenters. The number of aromatic nitrogens is 6. The topological polar surface area (TPSA) is 108 Å². The molecule has 0 amide bonds. The fourth-order valence-electron chi connectivity index (χ4n) is 2.58. The number of rotatable bonds is 4. The number of carbonyl (C=O) groups is 2. The molecule has 1 N–H and O–H groups in total. The summed E-state index contributed by atoms with van der Waals surface area (Å²) in [6.07, 6.45) is 5.25. The number of benzene rings is 2. The van der Waals surface area contributed by atoms with Crippen molar-refractivity contribution in [2.24, 2.45) is 0 Å². The Bertz CT molecular complexity index is 1000. The van der Waals surface area contributed by atoms with Gasteiger partial charge < -0.3 is 5.32 Å². The summed E-state index contributed by atoms with van der Waals surface area (Å²) in [6.45, 7) is 0. The predicted octanol–water partition coefficient (Wildman–Crippen LogP) is 1.99. The Kier molecular flexibility index (Phi) is 4.24. The second-order valence-corrected chi connectivity index (χ2v) is 5.51. The number of nitrogens with zero attached hydrogens (tertiary/aromatic N) is 6. The maximum Gasteiger partial charge on any atom is 0.281 e. The molecule has 0 radical (unpaired) electrons. The van der Waals surface area contributed by atoms with E-state index in [0.29, 0.717) is 22.5 Å². The van der Waals surface area contributed by atoms with Crippen molar-refractivity contribution in [3.63, 3.8) is 0 Å². The first-order valence-electron chi connectivity index (χ1n) is 7.98. The summed E-state index contributed by atoms with van der Waals surface area (Å²) in [4.78, 5) is 32.9. The summed E-state index contributed by atoms with van der Waals surface area (Å²) >= 11 is 0. The predicted molar refractivity (Wildman–Crippen MR) is 95.7 cm³/mol. The largest absolute Gasteiger partial charge is 0.354 e. The molecule has 2 heterocycles. The molecule has 0 aliphatic heterocycles. The van der Waals surface area contributed by atoms with Crippen molar-refractivity contribution in [3.05, 3.63) is 85.0 Å². The van der Waals surface area contributed by atoms with Crippen LogP contribution in [0.2, 0.25) is 0 Å². The van der Waals surface area contributed by atoms with Crippen LogP contribution >= 0.6 is 0 Å². The Hall–Kier alpha value is -4.14. The van der Waals surface area contributed by atoms with E-state index in [1.165, 1.54) is 25.3 Å². The van der Waals surface area contributed by atoms with E-state index in [0.717, 1.165) is 9.36 Å². The second-order valence-electron chi connectivity index (χ2n) is 5.51. The Labute approximate surface area is 153 Å². The molecule has 0 unspecified atom stereocenters. The number of nitrogens with one attached hydrogen (secondary N) is 1. The highest BCUT2D eigenvalue weighted by molar-refractivity contribution is 6.04. The van der Waals surface area contributed by atoms with E-state index in [4.69, 9.17) is 0 Å². The lowest BCUT2D eigenvalue weighted by molar-refractivity contribution is 0.0938. The van der Waals surface area contributed by atoms with Gasteiger partial charge in [-0.05, 0) is 24.3 Å². The molecular weight excluding hydrogens is 346 g/mol. The summed E-state index contributed by atoms with van der Waals surface area (Å²) in [6, 6.07) is 13.9. The van der Waals surface area contributed by atoms with Gasteiger partial charge in [-0.1, -0.05) is 24.3 Å². The maximum atomic E-state index is 12.7. The van der Waals surface area contributed by atoms with E-state index in [1.54, 1.807) is 48.5 Å². The van der Waals surface area contributed by atoms with E-state index in [1.807, 2.05) is 0 Å². The summed E-state index contributed by atoms with van der Waals surface area (Å²) in [7, 11) is 0. The first kappa shape index (κ1) is 16.3. The number of anilines is 2. The van der Waals surface area contributed by atoms with Crippen molar-refractivity contribution >= 4 is 23.2 Å². The van der Waals surface area contributed by atoms with Crippen LogP contribution in [0.15, 0.2) is 73.8 Å². The van der Waals surface area contributed by atoms with Crippen LogP contribution < -0.4 is 5.32 Å². The van der Waals surface area contributed by atoms with Crippen LogP contribution in [0.4, 0.5) is 11.4 Å². The number of hydrogen-bond donors (Lipinski definition) is 1. The average molecular weight is 359 g/mol. The maximum absolute atomic E-state index is 12.7. The van der Waals surface area contributed by atoms with Gasteiger partial charge in [0.2, 0.25) is 0 Å². The van der Waals surface area contributed by atoms with Crippen molar-refractivity contribution in [1.82, 2.24) is 29.5 Å². The minimum absolute atomic E-state index is 0.337. The fraction of sp³-hybridized carbons (Fsp3) is 0. The van der Waals surface area contributed by atoms with Gasteiger partial charge in [0.15, 0.2) is 0 Å². The Balaban J connectivity index is 1.70. The summed E-state index contributed by atoms with van der Waals surface area (Å²) < 4.78 is 2.29. The SMILES string of the molecule is O=C(c1ccccc1Nc1ccccc1C(=O)n1cncn1)n1cncn1. The molecule has 0 spiro atoms. The van der Waals surface area contributed by atoms with Crippen LogP contribution in [0, 0.1) is 0 Å². The van der Waals surface area contributed by atoms with Gasteiger partial charge in [-0.2, -0.15) is 19.6 Å². The van der Waals surface area contributed by atoms with E-state index < -0.39 is 0 Å². The summed E-state index contributed by atoms with van der Waals surface area (Å²) in [5, 5.41) is 10.9. The molecule has 0 saturated heterocycles. The third-order valence-corrected chi connectivity index (χ3v) is 3.84. The van der Waals surface area contributed by atoms with Crippen LogP contribution in [-0.4, -0.2) is 41.3 Å². The fourth-order valence-corrected chi connectivity index (χ4v) is 2.58. The van der Waals surface area contributed by atoms with Crippen molar-refractivity contribution in [3.8, 4) is 0 Å². The second kappa shape index (κ2) is 7.00. The molecular formula is C18H13N7O2. The molecule has 27 heavy (non-hydrogen) atoms. The molecule has 4 rings (SSSR count). The van der Waals surface area contributed by atoms with Crippen LogP contribution in [0.1, 0.15) is 20.7 Å². The molecule has 0 aliphatic carbocycles. The number of carbonyl (C=O) groups excluding carboxylic acids is 2. The van der Waals surface area contributed by atoms with Crippen molar-refractivity contribution in [1.29, 1.82) is 0 Å². The number of para-hydroxylation sites is 2. The Morgan fingerprint density at radius 1 is 0.704 bits per heavy atom. The van der Waals surface area contributed by atoms with Crippen LogP contribution in [0.3, 0.4) is 0 Å². The van der Waals surface area contributed by atoms with Gasteiger partial charge >= 0.3 is 0 Å². The van der Waals surface area contributed by atoms with Gasteiger partial charge in [-0.3, -0.25) is 9.59 Å². The van der Waals surface area contributed by atoms with Gasteiger partial charge in [0, 0.05) is 0 Å². The number of hydrogen-bond acceptors (Lipinski definition) is 7. The Morgan fingerprint density at radius 2 is 1.15 bits per heavy atom. The first-order valence-corrected chi connectivity index (χ1v) is 7.98. The van der Waals surface area contributed by atoms with E-state index in [9.17, 15) is 9.59 Å². The summed E-state index contributed by atoms with van der Waals surface area (Å²) in [5.41, 5.74) is 1.87. The molecule has 9 nitrogen and oxygen atoms in total. The van der Waals surface area contributed by atoms with Gasteiger partial charge in [-0.25, -0.2) is 9.97 Å². The lowest BCUT2D eigenvalue weighted by Crippen LogP contribution is -2.16. The highest BCUT2D eigenvalue weighted by Crippen LogP contribution is 2.25. The lowest BCUT2D eigenvalue weighted by Gasteiger charge is -2.14. The zero-order chi connectivity index (χ0) is 18.6. The quantitative estimate of drug-likeness (QED) is 0.593. The van der Waals surface area contributed by atoms with E-state index >= 15 is 0 Å². The minimum Gasteiger partial charge on any atom is -0.354 e. The third-order valence-electron chi connectivity index (χ3n) is 3.84. The monoisotopic (exact) mass is 359 g/mol. The highest BCUT2D eigenvalue weighted by atomic mass is 16.2. The lowest BCUT2D eigenvalue weighted by atomic mass is 10.1. The van der Waals surface area contributed by atoms with Crippen LogP contribution in [0.5, 0.6) is 0 Å². The summed E-state index contributed by atoms with van der Waals surface area (Å²) in [5.74, 6) is -0.675. The van der Waals surface area contributed by atoms with E-state index in [-0.39, 0.29) is 11.8 Å². The first-order chi connectivity index (χ1) is 13.2. The minimum atomic E-state index is -0.337. The zero-order valence-electron chi connectivity index (χ0n) is 13.9. The average Bonchev–Trinajstić information content (AvgIpc) is 3.42. The van der Waals surface area contributed by atoms with Gasteiger partial charge in [-0.15, -0.1) is 0 Å². The van der Waals surface area contributed by atoms with Crippen molar-refractivity contribution < 1.29 is 9.59 Å². The molecule has 9 heteroatoms. The molecule has 132 valence electrons. The molecule has 0 bridgehead atoms. The zero-order valence-corrected chi connectivity index (χ0v) is 13.9. The van der Waals surface area contributed by atoms with E-state index in [2.05, 4.69) is 25.5 Å². The van der Waals surface area contributed by atoms with Crippen LogP contribution in [-0.2, 0) is 0 Å². The molecule has 2 aromatic heterocycles. The van der Waals surface area contributed by atoms with Crippen molar-refractivity contribution in [2.75, 3.05) is 5.32 Å². The molecule has 0 saturated carbocycles. The molecule has 0 fully saturated rings. The molecule has 2 aromatic carbocycles. The van der Waals surface area contributed by atoms with Gasteiger partial charge in [0.1, 0.15) is 25.3 Å². The normalized spacial score (nSPS) is 10.5. The molecule has 4 aromatic rings. The Morgan fingerprint density at radius 3 is 1.56 bits per heavy atom. The standard InChI is InChI=1S/C18H13N7O2/c26-17(24-11-19-9-21-24)13-5-1-3-7-15(13)23-16-8-4-2-6-14(16)18(27)25-12-20-10-22-25/h1-12,23H. The van der Waals surface area contributed by atoms with Gasteiger partial charge in [0.05, 0.1) is 22.5 Å². The molecule has 0 aliphatic rings. The van der Waals surface area contributed by atoms with Crippen molar-refractivity contribution in [2.45, 2.75) is 0 Å². The van der Waals surface area contributed by atoms with Crippen LogP contribution in [0.25, 0.3) is 0 Å².